The molecule has 0 amide bonds. The molecular weight excluding hydrogens is 396 g/mol. The first-order valence-corrected chi connectivity index (χ1v) is 11.5. The summed E-state index contributed by atoms with van der Waals surface area (Å²) in [4.78, 5) is 0. The van der Waals surface area contributed by atoms with Crippen molar-refractivity contribution in [3.8, 4) is 28.4 Å². The first-order valence-electron chi connectivity index (χ1n) is 11.5. The van der Waals surface area contributed by atoms with Gasteiger partial charge in [0.1, 0.15) is 17.2 Å². The molecule has 0 fully saturated rings. The number of rotatable bonds is 14. The highest BCUT2D eigenvalue weighted by atomic mass is 16.5. The van der Waals surface area contributed by atoms with Crippen molar-refractivity contribution in [3.05, 3.63) is 91.0 Å². The summed E-state index contributed by atoms with van der Waals surface area (Å²) < 4.78 is 17.3. The molecule has 0 saturated heterocycles. The highest BCUT2D eigenvalue weighted by Gasteiger charge is 2.00. The lowest BCUT2D eigenvalue weighted by Gasteiger charge is -2.09. The Morgan fingerprint density at radius 1 is 0.562 bits per heavy atom. The summed E-state index contributed by atoms with van der Waals surface area (Å²) in [5.74, 6) is 2.68. The maximum atomic E-state index is 5.89. The van der Waals surface area contributed by atoms with Gasteiger partial charge in [-0.05, 0) is 86.6 Å². The van der Waals surface area contributed by atoms with Crippen molar-refractivity contribution < 1.29 is 14.2 Å². The summed E-state index contributed by atoms with van der Waals surface area (Å²) in [6.45, 7) is 7.94. The Balaban J connectivity index is 1.24. The van der Waals surface area contributed by atoms with Gasteiger partial charge >= 0.3 is 0 Å². The number of hydrogen-bond donors (Lipinski definition) is 0. The van der Waals surface area contributed by atoms with Crippen LogP contribution in [0.2, 0.25) is 0 Å². The second kappa shape index (κ2) is 13.3. The Labute approximate surface area is 192 Å². The van der Waals surface area contributed by atoms with Gasteiger partial charge in [-0.1, -0.05) is 48.0 Å². The summed E-state index contributed by atoms with van der Waals surface area (Å²) in [5.41, 5.74) is 3.73. The Morgan fingerprint density at radius 3 is 1.44 bits per heavy atom. The van der Waals surface area contributed by atoms with E-state index in [1.54, 1.807) is 0 Å². The largest absolute Gasteiger partial charge is 0.494 e. The third kappa shape index (κ3) is 8.14. The third-order valence-electron chi connectivity index (χ3n) is 5.23. The van der Waals surface area contributed by atoms with Crippen LogP contribution in [0.3, 0.4) is 0 Å². The zero-order chi connectivity index (χ0) is 22.4. The van der Waals surface area contributed by atoms with Gasteiger partial charge in [-0.3, -0.25) is 0 Å². The van der Waals surface area contributed by atoms with Crippen molar-refractivity contribution >= 4 is 0 Å². The summed E-state index contributed by atoms with van der Waals surface area (Å²) >= 11 is 0. The molecule has 0 aromatic heterocycles. The van der Waals surface area contributed by atoms with E-state index in [9.17, 15) is 0 Å². The average Bonchev–Trinajstić information content (AvgIpc) is 2.83. The Hall–Kier alpha value is -3.20. The number of unbranched alkanes of at least 4 members (excludes halogenated alkanes) is 3. The van der Waals surface area contributed by atoms with Gasteiger partial charge in [0.05, 0.1) is 19.8 Å². The molecule has 0 radical (unpaired) electrons. The monoisotopic (exact) mass is 430 g/mol. The first kappa shape index (κ1) is 23.5. The van der Waals surface area contributed by atoms with Gasteiger partial charge in [-0.2, -0.15) is 0 Å². The molecule has 0 aliphatic rings. The number of ether oxygens (including phenoxy) is 3. The van der Waals surface area contributed by atoms with E-state index in [4.69, 9.17) is 14.2 Å². The highest BCUT2D eigenvalue weighted by Crippen LogP contribution is 2.23. The minimum Gasteiger partial charge on any atom is -0.494 e. The smallest absolute Gasteiger partial charge is 0.119 e. The van der Waals surface area contributed by atoms with Gasteiger partial charge in [-0.25, -0.2) is 0 Å². The van der Waals surface area contributed by atoms with Crippen molar-refractivity contribution in [2.75, 3.05) is 19.8 Å². The van der Waals surface area contributed by atoms with Crippen molar-refractivity contribution in [1.82, 2.24) is 0 Å². The minimum atomic E-state index is 0.659. The van der Waals surface area contributed by atoms with E-state index in [1.807, 2.05) is 30.3 Å². The van der Waals surface area contributed by atoms with Crippen LogP contribution in [0.5, 0.6) is 17.2 Å². The quantitative estimate of drug-likeness (QED) is 0.194. The molecule has 3 heteroatoms. The Morgan fingerprint density at radius 2 is 0.969 bits per heavy atom. The normalized spacial score (nSPS) is 10.5. The van der Waals surface area contributed by atoms with E-state index < -0.39 is 0 Å². The third-order valence-corrected chi connectivity index (χ3v) is 5.23. The molecular formula is C29H34O3. The molecule has 3 aromatic carbocycles. The first-order chi connectivity index (χ1) is 15.7. The van der Waals surface area contributed by atoms with Crippen molar-refractivity contribution in [3.63, 3.8) is 0 Å². The molecule has 0 bridgehead atoms. The lowest BCUT2D eigenvalue weighted by atomic mass is 10.0. The molecule has 0 unspecified atom stereocenters. The van der Waals surface area contributed by atoms with E-state index in [0.29, 0.717) is 6.61 Å². The number of aryl methyl sites for hydroxylation is 1. The molecule has 3 nitrogen and oxygen atoms in total. The summed E-state index contributed by atoms with van der Waals surface area (Å²) in [7, 11) is 0. The summed E-state index contributed by atoms with van der Waals surface area (Å²) in [5, 5.41) is 0. The second-order valence-corrected chi connectivity index (χ2v) is 7.90. The molecule has 32 heavy (non-hydrogen) atoms. The van der Waals surface area contributed by atoms with Crippen LogP contribution in [0.25, 0.3) is 11.1 Å². The van der Waals surface area contributed by atoms with Crippen LogP contribution in [0.4, 0.5) is 0 Å². The second-order valence-electron chi connectivity index (χ2n) is 7.90. The minimum absolute atomic E-state index is 0.659. The van der Waals surface area contributed by atoms with Gasteiger partial charge in [0.15, 0.2) is 0 Å². The molecule has 3 aromatic rings. The number of benzene rings is 3. The van der Waals surface area contributed by atoms with Crippen LogP contribution in [0.15, 0.2) is 85.5 Å². The molecule has 0 atom stereocenters. The molecule has 0 heterocycles. The predicted octanol–water partition coefficient (Wildman–Crippen LogP) is 7.64. The van der Waals surface area contributed by atoms with Crippen molar-refractivity contribution in [2.24, 2.45) is 0 Å². The van der Waals surface area contributed by atoms with Gasteiger partial charge in [-0.15, -0.1) is 6.58 Å². The van der Waals surface area contributed by atoms with E-state index in [2.05, 4.69) is 62.0 Å². The fourth-order valence-corrected chi connectivity index (χ4v) is 3.32. The van der Waals surface area contributed by atoms with Gasteiger partial charge in [0.2, 0.25) is 0 Å². The van der Waals surface area contributed by atoms with Crippen LogP contribution >= 0.6 is 0 Å². The topological polar surface area (TPSA) is 27.7 Å². The van der Waals surface area contributed by atoms with E-state index in [1.165, 1.54) is 16.7 Å². The standard InChI is InChI=1S/C29H34O3/c1-3-4-21-30-28-17-19-29(20-18-28)32-23-8-6-5-7-22-31-27-15-13-26(14-16-27)25-11-9-24(2)10-12-25/h3,9-20H,1,4-8,21-23H2,2H3. The molecule has 0 aliphatic carbocycles. The van der Waals surface area contributed by atoms with Gasteiger partial charge in [0.25, 0.3) is 0 Å². The molecule has 0 saturated carbocycles. The van der Waals surface area contributed by atoms with Crippen LogP contribution in [-0.4, -0.2) is 19.8 Å². The van der Waals surface area contributed by atoms with Gasteiger partial charge < -0.3 is 14.2 Å². The maximum Gasteiger partial charge on any atom is 0.119 e. The molecule has 3 rings (SSSR count). The molecule has 0 aliphatic heterocycles. The molecule has 0 spiro atoms. The summed E-state index contributed by atoms with van der Waals surface area (Å²) in [6, 6.07) is 24.8. The van der Waals surface area contributed by atoms with Crippen LogP contribution in [-0.2, 0) is 0 Å². The predicted molar refractivity (Wildman–Crippen MR) is 133 cm³/mol. The average molecular weight is 431 g/mol. The number of hydrogen-bond acceptors (Lipinski definition) is 3. The molecule has 168 valence electrons. The van der Waals surface area contributed by atoms with Crippen LogP contribution < -0.4 is 14.2 Å². The van der Waals surface area contributed by atoms with Crippen LogP contribution in [0.1, 0.15) is 37.7 Å². The zero-order valence-electron chi connectivity index (χ0n) is 19.1. The Kier molecular flexibility index (Phi) is 9.72. The van der Waals surface area contributed by atoms with E-state index >= 15 is 0 Å². The Bertz CT molecular complexity index is 912. The zero-order valence-corrected chi connectivity index (χ0v) is 19.1. The van der Waals surface area contributed by atoms with Gasteiger partial charge in [0, 0.05) is 0 Å². The fourth-order valence-electron chi connectivity index (χ4n) is 3.32. The van der Waals surface area contributed by atoms with Crippen molar-refractivity contribution in [1.29, 1.82) is 0 Å². The van der Waals surface area contributed by atoms with E-state index in [-0.39, 0.29) is 0 Å². The molecule has 0 N–H and O–H groups in total. The van der Waals surface area contributed by atoms with E-state index in [0.717, 1.165) is 62.6 Å². The maximum absolute atomic E-state index is 5.89. The summed E-state index contributed by atoms with van der Waals surface area (Å²) in [6.07, 6.45) is 7.08. The van der Waals surface area contributed by atoms with Crippen LogP contribution in [0, 0.1) is 6.92 Å². The fraction of sp³-hybridized carbons (Fsp3) is 0.310. The highest BCUT2D eigenvalue weighted by molar-refractivity contribution is 5.64. The van der Waals surface area contributed by atoms with Crippen molar-refractivity contribution in [2.45, 2.75) is 39.0 Å². The lowest BCUT2D eigenvalue weighted by Crippen LogP contribution is -2.00. The SMILES string of the molecule is C=CCCOc1ccc(OCCCCCCOc2ccc(-c3ccc(C)cc3)cc2)cc1. The lowest BCUT2D eigenvalue weighted by molar-refractivity contribution is 0.287.